The lowest BCUT2D eigenvalue weighted by atomic mass is 10.2. The van der Waals surface area contributed by atoms with Gasteiger partial charge in [-0.05, 0) is 12.1 Å². The molecule has 1 aromatic carbocycles. The van der Waals surface area contributed by atoms with Gasteiger partial charge in [-0.3, -0.25) is 4.79 Å². The van der Waals surface area contributed by atoms with Gasteiger partial charge in [0, 0.05) is 30.7 Å². The summed E-state index contributed by atoms with van der Waals surface area (Å²) in [6, 6.07) is 5.55. The van der Waals surface area contributed by atoms with Crippen molar-refractivity contribution in [1.82, 2.24) is 19.9 Å². The number of rotatable bonds is 2. The van der Waals surface area contributed by atoms with Gasteiger partial charge in [-0.25, -0.2) is 4.68 Å². The summed E-state index contributed by atoms with van der Waals surface area (Å²) in [6.07, 6.45) is 1.66. The van der Waals surface area contributed by atoms with Gasteiger partial charge in [0.15, 0.2) is 17.2 Å². The molecular weight excluding hydrogens is 316 g/mol. The van der Waals surface area contributed by atoms with E-state index in [0.717, 1.165) is 36.0 Å². The number of benzene rings is 1. The Morgan fingerprint density at radius 1 is 1.13 bits per heavy atom. The predicted octanol–water partition coefficient (Wildman–Crippen LogP) is 1.23. The molecule has 1 saturated heterocycles. The highest BCUT2D eigenvalue weighted by atomic mass is 32.2. The molecule has 0 spiro atoms. The van der Waals surface area contributed by atoms with E-state index in [1.165, 1.54) is 0 Å². The molecule has 3 heterocycles. The zero-order chi connectivity index (χ0) is 15.6. The molecule has 0 bridgehead atoms. The van der Waals surface area contributed by atoms with Gasteiger partial charge in [-0.2, -0.15) is 11.8 Å². The van der Waals surface area contributed by atoms with Crippen molar-refractivity contribution in [2.75, 3.05) is 37.8 Å². The van der Waals surface area contributed by atoms with Gasteiger partial charge >= 0.3 is 0 Å². The van der Waals surface area contributed by atoms with Crippen LogP contribution >= 0.6 is 11.8 Å². The van der Waals surface area contributed by atoms with Gasteiger partial charge < -0.3 is 14.4 Å². The van der Waals surface area contributed by atoms with Gasteiger partial charge in [0.05, 0.1) is 11.9 Å². The first-order valence-electron chi connectivity index (χ1n) is 7.51. The van der Waals surface area contributed by atoms with Crippen molar-refractivity contribution in [3.05, 3.63) is 30.1 Å². The monoisotopic (exact) mass is 332 g/mol. The molecule has 2 aliphatic rings. The number of carbonyl (C=O) groups excluding carboxylic acids is 1. The largest absolute Gasteiger partial charge is 0.486 e. The van der Waals surface area contributed by atoms with Crippen molar-refractivity contribution in [3.63, 3.8) is 0 Å². The molecule has 0 saturated carbocycles. The highest BCUT2D eigenvalue weighted by Crippen LogP contribution is 2.31. The number of aromatic nitrogens is 3. The number of fused-ring (bicyclic) bond motifs is 1. The lowest BCUT2D eigenvalue weighted by Crippen LogP contribution is -2.38. The molecule has 0 radical (unpaired) electrons. The number of hydrogen-bond donors (Lipinski definition) is 0. The quantitative estimate of drug-likeness (QED) is 0.824. The molecule has 120 valence electrons. The van der Waals surface area contributed by atoms with E-state index in [4.69, 9.17) is 9.47 Å². The average Bonchev–Trinajstić information content (AvgIpc) is 3.11. The van der Waals surface area contributed by atoms with Crippen molar-refractivity contribution in [3.8, 4) is 17.2 Å². The highest BCUT2D eigenvalue weighted by Gasteiger charge is 2.21. The maximum absolute atomic E-state index is 12.4. The molecular formula is C15H16N4O3S. The van der Waals surface area contributed by atoms with Crippen LogP contribution in [0.4, 0.5) is 0 Å². The van der Waals surface area contributed by atoms with Crippen LogP contribution in [0.1, 0.15) is 10.5 Å². The van der Waals surface area contributed by atoms with E-state index in [1.54, 1.807) is 10.9 Å². The normalized spacial score (nSPS) is 17.1. The number of amides is 1. The molecule has 1 aromatic heterocycles. The third kappa shape index (κ3) is 2.86. The minimum atomic E-state index is -0.0610. The average molecular weight is 332 g/mol. The van der Waals surface area contributed by atoms with E-state index in [0.29, 0.717) is 24.7 Å². The van der Waals surface area contributed by atoms with Crippen molar-refractivity contribution < 1.29 is 14.3 Å². The molecule has 1 amide bonds. The number of carbonyl (C=O) groups is 1. The van der Waals surface area contributed by atoms with E-state index in [2.05, 4.69) is 10.3 Å². The Hall–Kier alpha value is -2.22. The zero-order valence-corrected chi connectivity index (χ0v) is 13.3. The van der Waals surface area contributed by atoms with Gasteiger partial charge in [0.2, 0.25) is 0 Å². The molecule has 4 rings (SSSR count). The van der Waals surface area contributed by atoms with Crippen LogP contribution in [0, 0.1) is 0 Å². The summed E-state index contributed by atoms with van der Waals surface area (Å²) >= 11 is 1.87. The molecule has 1 fully saturated rings. The second-order valence-corrected chi connectivity index (χ2v) is 6.51. The van der Waals surface area contributed by atoms with E-state index >= 15 is 0 Å². The molecule has 2 aromatic rings. The van der Waals surface area contributed by atoms with Crippen molar-refractivity contribution in [1.29, 1.82) is 0 Å². The third-order valence-electron chi connectivity index (χ3n) is 3.80. The van der Waals surface area contributed by atoms with Crippen LogP contribution < -0.4 is 9.47 Å². The second kappa shape index (κ2) is 6.11. The molecule has 7 nitrogen and oxygen atoms in total. The molecule has 23 heavy (non-hydrogen) atoms. The minimum Gasteiger partial charge on any atom is -0.486 e. The van der Waals surface area contributed by atoms with E-state index in [1.807, 2.05) is 34.9 Å². The van der Waals surface area contributed by atoms with Gasteiger partial charge in [-0.1, -0.05) is 5.21 Å². The topological polar surface area (TPSA) is 69.5 Å². The third-order valence-corrected chi connectivity index (χ3v) is 4.74. The zero-order valence-electron chi connectivity index (χ0n) is 12.5. The van der Waals surface area contributed by atoms with E-state index in [9.17, 15) is 4.79 Å². The first kappa shape index (κ1) is 14.4. The fraction of sp³-hybridized carbons (Fsp3) is 0.400. The molecule has 0 unspecified atom stereocenters. The summed E-state index contributed by atoms with van der Waals surface area (Å²) in [7, 11) is 0. The summed E-state index contributed by atoms with van der Waals surface area (Å²) in [4.78, 5) is 14.3. The Morgan fingerprint density at radius 2 is 1.91 bits per heavy atom. The summed E-state index contributed by atoms with van der Waals surface area (Å²) in [5, 5.41) is 8.09. The number of nitrogens with zero attached hydrogens (tertiary/aromatic N) is 4. The molecule has 8 heteroatoms. The lowest BCUT2D eigenvalue weighted by molar-refractivity contribution is 0.0766. The van der Waals surface area contributed by atoms with Gasteiger partial charge in [0.25, 0.3) is 5.91 Å². The number of hydrogen-bond acceptors (Lipinski definition) is 6. The maximum Gasteiger partial charge on any atom is 0.276 e. The van der Waals surface area contributed by atoms with Crippen LogP contribution in [0.5, 0.6) is 11.5 Å². The minimum absolute atomic E-state index is 0.0610. The summed E-state index contributed by atoms with van der Waals surface area (Å²) < 4.78 is 12.7. The van der Waals surface area contributed by atoms with Crippen LogP contribution in [0.3, 0.4) is 0 Å². The summed E-state index contributed by atoms with van der Waals surface area (Å²) in [5.41, 5.74) is 1.15. The van der Waals surface area contributed by atoms with Gasteiger partial charge in [-0.15, -0.1) is 5.10 Å². The summed E-state index contributed by atoms with van der Waals surface area (Å²) in [6.45, 7) is 2.62. The molecule has 0 atom stereocenters. The molecule has 0 aliphatic carbocycles. The Labute approximate surface area is 137 Å². The van der Waals surface area contributed by atoms with E-state index < -0.39 is 0 Å². The number of ether oxygens (including phenoxy) is 2. The summed E-state index contributed by atoms with van der Waals surface area (Å²) in [5.74, 6) is 3.30. The Kier molecular flexibility index (Phi) is 3.82. The van der Waals surface area contributed by atoms with Crippen molar-refractivity contribution >= 4 is 17.7 Å². The Morgan fingerprint density at radius 3 is 2.74 bits per heavy atom. The standard InChI is InChI=1S/C15H16N4O3S/c20-15(18-3-7-23-8-4-18)12-10-19(17-16-12)11-1-2-13-14(9-11)22-6-5-21-13/h1-2,9-10H,3-8H2. The van der Waals surface area contributed by atoms with Crippen LogP contribution in [0.15, 0.2) is 24.4 Å². The Balaban J connectivity index is 1.56. The number of thioether (sulfide) groups is 1. The van der Waals surface area contributed by atoms with Gasteiger partial charge in [0.1, 0.15) is 13.2 Å². The van der Waals surface area contributed by atoms with Crippen LogP contribution in [0.25, 0.3) is 5.69 Å². The molecule has 2 aliphatic heterocycles. The highest BCUT2D eigenvalue weighted by molar-refractivity contribution is 7.99. The lowest BCUT2D eigenvalue weighted by Gasteiger charge is -2.25. The maximum atomic E-state index is 12.4. The first-order chi connectivity index (χ1) is 11.3. The van der Waals surface area contributed by atoms with Crippen LogP contribution in [-0.2, 0) is 0 Å². The fourth-order valence-electron chi connectivity index (χ4n) is 2.59. The Bertz CT molecular complexity index is 727. The predicted molar refractivity (Wildman–Crippen MR) is 85.6 cm³/mol. The smallest absolute Gasteiger partial charge is 0.276 e. The van der Waals surface area contributed by atoms with Crippen molar-refractivity contribution in [2.24, 2.45) is 0 Å². The first-order valence-corrected chi connectivity index (χ1v) is 8.66. The van der Waals surface area contributed by atoms with Crippen molar-refractivity contribution in [2.45, 2.75) is 0 Å². The molecule has 0 N–H and O–H groups in total. The van der Waals surface area contributed by atoms with Crippen LogP contribution in [0.2, 0.25) is 0 Å². The van der Waals surface area contributed by atoms with Crippen LogP contribution in [-0.4, -0.2) is 63.6 Å². The SMILES string of the molecule is O=C(c1cn(-c2ccc3c(c2)OCCO3)nn1)N1CCSCC1. The van der Waals surface area contributed by atoms with E-state index in [-0.39, 0.29) is 5.91 Å². The fourth-order valence-corrected chi connectivity index (χ4v) is 3.49. The second-order valence-electron chi connectivity index (χ2n) is 5.28.